The average Bonchev–Trinajstić information content (AvgIpc) is 3.09. The zero-order chi connectivity index (χ0) is 21.5. The van der Waals surface area contributed by atoms with Crippen molar-refractivity contribution in [3.63, 3.8) is 0 Å². The minimum Gasteiger partial charge on any atom is -0.475 e. The summed E-state index contributed by atoms with van der Waals surface area (Å²) < 4.78 is 30.3. The molecule has 0 radical (unpaired) electrons. The van der Waals surface area contributed by atoms with E-state index in [1.807, 2.05) is 37.3 Å². The van der Waals surface area contributed by atoms with Crippen LogP contribution in [0.3, 0.4) is 0 Å². The van der Waals surface area contributed by atoms with Gasteiger partial charge in [-0.15, -0.1) is 0 Å². The third-order valence-corrected chi connectivity index (χ3v) is 6.83. The molecular formula is C23H24N2O4S. The first-order valence-electron chi connectivity index (χ1n) is 9.86. The first-order valence-corrected chi connectivity index (χ1v) is 11.5. The molecule has 2 heterocycles. The van der Waals surface area contributed by atoms with E-state index in [-0.39, 0.29) is 12.4 Å². The monoisotopic (exact) mass is 424 g/mol. The molecular weight excluding hydrogens is 400 g/mol. The fourth-order valence-corrected chi connectivity index (χ4v) is 4.49. The van der Waals surface area contributed by atoms with Gasteiger partial charge in [0, 0.05) is 21.9 Å². The Morgan fingerprint density at radius 1 is 1.17 bits per heavy atom. The third kappa shape index (κ3) is 3.66. The summed E-state index contributed by atoms with van der Waals surface area (Å²) in [5, 5.41) is 11.4. The van der Waals surface area contributed by atoms with Gasteiger partial charge in [-0.1, -0.05) is 31.2 Å². The topological polar surface area (TPSA) is 92.3 Å². The van der Waals surface area contributed by atoms with Crippen molar-refractivity contribution in [3.05, 3.63) is 54.1 Å². The Hall–Kier alpha value is -2.90. The van der Waals surface area contributed by atoms with Crippen LogP contribution in [0.25, 0.3) is 33.1 Å². The Kier molecular flexibility index (Phi) is 5.26. The van der Waals surface area contributed by atoms with Crippen LogP contribution in [0.2, 0.25) is 0 Å². The Bertz CT molecular complexity index is 1340. The van der Waals surface area contributed by atoms with E-state index in [9.17, 15) is 13.5 Å². The lowest BCUT2D eigenvalue weighted by molar-refractivity contribution is 0.119. The lowest BCUT2D eigenvalue weighted by atomic mass is 9.99. The molecule has 6 nitrogen and oxygen atoms in total. The largest absolute Gasteiger partial charge is 0.475 e. The summed E-state index contributed by atoms with van der Waals surface area (Å²) in [5.74, 6) is 0.541. The molecule has 30 heavy (non-hydrogen) atoms. The smallest absolute Gasteiger partial charge is 0.218 e. The summed E-state index contributed by atoms with van der Waals surface area (Å²) in [4.78, 5) is 8.25. The highest BCUT2D eigenvalue weighted by molar-refractivity contribution is 7.91. The van der Waals surface area contributed by atoms with Crippen molar-refractivity contribution in [3.8, 4) is 17.0 Å². The second kappa shape index (κ2) is 7.74. The normalized spacial score (nSPS) is 13.1. The first kappa shape index (κ1) is 20.4. The zero-order valence-corrected chi connectivity index (χ0v) is 18.0. The highest BCUT2D eigenvalue weighted by atomic mass is 32.2. The van der Waals surface area contributed by atoms with Crippen LogP contribution < -0.4 is 4.74 Å². The summed E-state index contributed by atoms with van der Waals surface area (Å²) in [6.07, 6.45) is -0.581. The number of fused-ring (bicyclic) bond motifs is 3. The third-order valence-electron chi connectivity index (χ3n) is 5.10. The molecule has 0 saturated carbocycles. The van der Waals surface area contributed by atoms with Gasteiger partial charge in [0.05, 0.1) is 16.8 Å². The molecule has 7 heteroatoms. The molecule has 0 amide bonds. The van der Waals surface area contributed by atoms with Crippen LogP contribution in [0.5, 0.6) is 5.88 Å². The number of sulfone groups is 1. The van der Waals surface area contributed by atoms with E-state index in [0.29, 0.717) is 16.4 Å². The standard InChI is InChI=1S/C23H24N2O4S/c1-4-30(27,28)17-8-5-7-16(12-17)18-9-6-10-20-21(18)19-11-14(2)23(25-22(19)24-20)29-13-15(3)26/h5-12,15,26H,4,13H2,1-3H3,(H,24,25)/t15-/m0/s1. The Morgan fingerprint density at radius 2 is 1.93 bits per heavy atom. The molecule has 0 fully saturated rings. The molecule has 0 spiro atoms. The van der Waals surface area contributed by atoms with Gasteiger partial charge in [-0.25, -0.2) is 8.42 Å². The number of aliphatic hydroxyl groups excluding tert-OH is 1. The summed E-state index contributed by atoms with van der Waals surface area (Å²) in [7, 11) is -3.29. The predicted octanol–water partition coefficient (Wildman–Crippen LogP) is 4.24. The second-order valence-corrected chi connectivity index (χ2v) is 9.73. The lowest BCUT2D eigenvalue weighted by Crippen LogP contribution is -2.14. The summed E-state index contributed by atoms with van der Waals surface area (Å²) in [6, 6.07) is 15.0. The van der Waals surface area contributed by atoms with Gasteiger partial charge >= 0.3 is 0 Å². The van der Waals surface area contributed by atoms with Gasteiger partial charge in [0.25, 0.3) is 0 Å². The molecule has 2 aromatic carbocycles. The van der Waals surface area contributed by atoms with Gasteiger partial charge in [-0.2, -0.15) is 4.98 Å². The van der Waals surface area contributed by atoms with Gasteiger partial charge < -0.3 is 14.8 Å². The molecule has 0 bridgehead atoms. The molecule has 2 N–H and O–H groups in total. The van der Waals surface area contributed by atoms with Crippen LogP contribution in [0, 0.1) is 6.92 Å². The predicted molar refractivity (Wildman–Crippen MR) is 119 cm³/mol. The van der Waals surface area contributed by atoms with E-state index in [1.54, 1.807) is 32.0 Å². The van der Waals surface area contributed by atoms with Crippen LogP contribution in [-0.2, 0) is 9.84 Å². The van der Waals surface area contributed by atoms with E-state index < -0.39 is 15.9 Å². The first-order chi connectivity index (χ1) is 14.3. The minimum absolute atomic E-state index is 0.0616. The highest BCUT2D eigenvalue weighted by Crippen LogP contribution is 2.36. The Morgan fingerprint density at radius 3 is 2.67 bits per heavy atom. The molecule has 2 aromatic heterocycles. The van der Waals surface area contributed by atoms with Crippen molar-refractivity contribution in [2.45, 2.75) is 31.8 Å². The Labute approximate surface area is 175 Å². The summed E-state index contributed by atoms with van der Waals surface area (Å²) in [6.45, 7) is 5.40. The molecule has 0 saturated heterocycles. The number of hydrogen-bond donors (Lipinski definition) is 2. The number of aliphatic hydroxyl groups is 1. The number of nitrogens with zero attached hydrogens (tertiary/aromatic N) is 1. The van der Waals surface area contributed by atoms with Gasteiger partial charge in [0.1, 0.15) is 12.3 Å². The molecule has 1 atom stereocenters. The molecule has 4 rings (SSSR count). The fourth-order valence-electron chi connectivity index (χ4n) is 3.57. The lowest BCUT2D eigenvalue weighted by Gasteiger charge is -2.10. The van der Waals surface area contributed by atoms with E-state index in [2.05, 4.69) is 9.97 Å². The molecule has 4 aromatic rings. The molecule has 156 valence electrons. The van der Waals surface area contributed by atoms with Crippen molar-refractivity contribution < 1.29 is 18.3 Å². The molecule has 0 aliphatic carbocycles. The second-order valence-electron chi connectivity index (χ2n) is 7.45. The summed E-state index contributed by atoms with van der Waals surface area (Å²) in [5.41, 5.74) is 4.22. The number of H-pyrrole nitrogens is 1. The van der Waals surface area contributed by atoms with Crippen molar-refractivity contribution in [2.24, 2.45) is 0 Å². The van der Waals surface area contributed by atoms with E-state index >= 15 is 0 Å². The van der Waals surface area contributed by atoms with Gasteiger partial charge in [-0.05, 0) is 49.2 Å². The van der Waals surface area contributed by atoms with Crippen LogP contribution in [0.4, 0.5) is 0 Å². The van der Waals surface area contributed by atoms with Gasteiger partial charge in [0.2, 0.25) is 5.88 Å². The molecule has 0 unspecified atom stereocenters. The van der Waals surface area contributed by atoms with Crippen molar-refractivity contribution in [1.29, 1.82) is 0 Å². The number of aromatic amines is 1. The number of aromatic nitrogens is 2. The van der Waals surface area contributed by atoms with E-state index in [0.717, 1.165) is 33.0 Å². The minimum atomic E-state index is -3.29. The SMILES string of the molecule is CCS(=O)(=O)c1cccc(-c2cccc3[nH]c4nc(OC[C@H](C)O)c(C)cc4c23)c1. The maximum absolute atomic E-state index is 12.4. The maximum Gasteiger partial charge on any atom is 0.218 e. The van der Waals surface area contributed by atoms with E-state index in [1.165, 1.54) is 0 Å². The molecule has 0 aliphatic rings. The van der Waals surface area contributed by atoms with Crippen LogP contribution in [0.15, 0.2) is 53.4 Å². The highest BCUT2D eigenvalue weighted by Gasteiger charge is 2.17. The van der Waals surface area contributed by atoms with E-state index in [4.69, 9.17) is 4.74 Å². The van der Waals surface area contributed by atoms with Crippen molar-refractivity contribution in [2.75, 3.05) is 12.4 Å². The fraction of sp³-hybridized carbons (Fsp3) is 0.261. The van der Waals surface area contributed by atoms with Crippen molar-refractivity contribution in [1.82, 2.24) is 9.97 Å². The van der Waals surface area contributed by atoms with Crippen LogP contribution in [0.1, 0.15) is 19.4 Å². The van der Waals surface area contributed by atoms with Crippen molar-refractivity contribution >= 4 is 31.8 Å². The molecule has 0 aliphatic heterocycles. The quantitative estimate of drug-likeness (QED) is 0.483. The number of rotatable bonds is 6. The number of ether oxygens (including phenoxy) is 1. The van der Waals surface area contributed by atoms with Crippen LogP contribution in [-0.4, -0.2) is 42.0 Å². The van der Waals surface area contributed by atoms with Gasteiger partial charge in [-0.3, -0.25) is 0 Å². The number of pyridine rings is 1. The number of hydrogen-bond acceptors (Lipinski definition) is 5. The number of benzene rings is 2. The zero-order valence-electron chi connectivity index (χ0n) is 17.1. The Balaban J connectivity index is 1.90. The average molecular weight is 425 g/mol. The summed E-state index contributed by atoms with van der Waals surface area (Å²) >= 11 is 0. The maximum atomic E-state index is 12.4. The number of aryl methyl sites for hydroxylation is 1. The van der Waals surface area contributed by atoms with Gasteiger partial charge in [0.15, 0.2) is 9.84 Å². The number of nitrogens with one attached hydrogen (secondary N) is 1. The van der Waals surface area contributed by atoms with Crippen LogP contribution >= 0.6 is 0 Å².